The Balaban J connectivity index is 1.91. The monoisotopic (exact) mass is 284 g/mol. The molecule has 0 aliphatic carbocycles. The maximum Gasteiger partial charge on any atom is 0.202 e. The molecule has 0 saturated heterocycles. The molecule has 0 radical (unpaired) electrons. The summed E-state index contributed by atoms with van der Waals surface area (Å²) >= 11 is 5.93. The number of halogens is 1. The number of carbonyl (C=O) groups excluding carboxylic acids is 1. The first-order valence-corrected chi connectivity index (χ1v) is 6.78. The summed E-state index contributed by atoms with van der Waals surface area (Å²) in [4.78, 5) is 12.3. The van der Waals surface area contributed by atoms with Crippen molar-refractivity contribution in [3.05, 3.63) is 70.4 Å². The summed E-state index contributed by atoms with van der Waals surface area (Å²) < 4.78 is 5.59. The minimum atomic E-state index is -0.0216. The van der Waals surface area contributed by atoms with E-state index in [1.165, 1.54) is 0 Å². The van der Waals surface area contributed by atoms with E-state index in [2.05, 4.69) is 0 Å². The first-order chi connectivity index (χ1) is 9.63. The van der Waals surface area contributed by atoms with Crippen LogP contribution in [-0.4, -0.2) is 5.78 Å². The highest BCUT2D eigenvalue weighted by Gasteiger charge is 2.14. The highest BCUT2D eigenvalue weighted by molar-refractivity contribution is 6.31. The number of rotatable bonds is 3. The maximum absolute atomic E-state index is 12.3. The van der Waals surface area contributed by atoms with E-state index in [4.69, 9.17) is 16.0 Å². The molecule has 1 heterocycles. The molecule has 3 heteroatoms. The van der Waals surface area contributed by atoms with Crippen LogP contribution in [-0.2, 0) is 6.42 Å². The molecule has 0 spiro atoms. The summed E-state index contributed by atoms with van der Waals surface area (Å²) in [5, 5.41) is 1.49. The minimum absolute atomic E-state index is 0.0216. The van der Waals surface area contributed by atoms with Gasteiger partial charge < -0.3 is 4.42 Å². The van der Waals surface area contributed by atoms with E-state index in [1.807, 2.05) is 31.2 Å². The molecule has 0 aliphatic rings. The lowest BCUT2D eigenvalue weighted by Crippen LogP contribution is -2.03. The fraction of sp³-hybridized carbons (Fsp3) is 0.118. The summed E-state index contributed by atoms with van der Waals surface area (Å²) in [6.07, 6.45) is 0.347. The number of aryl methyl sites for hydroxylation is 1. The molecule has 0 saturated carbocycles. The molecule has 2 aromatic carbocycles. The van der Waals surface area contributed by atoms with Crippen LogP contribution in [0, 0.1) is 6.92 Å². The van der Waals surface area contributed by atoms with Crippen molar-refractivity contribution >= 4 is 28.4 Å². The third-order valence-corrected chi connectivity index (χ3v) is 3.60. The molecule has 2 nitrogen and oxygen atoms in total. The van der Waals surface area contributed by atoms with E-state index < -0.39 is 0 Å². The highest BCUT2D eigenvalue weighted by Crippen LogP contribution is 2.24. The van der Waals surface area contributed by atoms with E-state index in [0.29, 0.717) is 22.8 Å². The third-order valence-electron chi connectivity index (χ3n) is 3.37. The van der Waals surface area contributed by atoms with E-state index in [9.17, 15) is 4.79 Å². The van der Waals surface area contributed by atoms with Crippen molar-refractivity contribution < 1.29 is 9.21 Å². The number of hydrogen-bond donors (Lipinski definition) is 0. The molecule has 0 bridgehead atoms. The van der Waals surface area contributed by atoms with Gasteiger partial charge in [0.2, 0.25) is 5.78 Å². The Morgan fingerprint density at radius 3 is 2.75 bits per heavy atom. The predicted octanol–water partition coefficient (Wildman–Crippen LogP) is 4.82. The van der Waals surface area contributed by atoms with Crippen LogP contribution in [0.5, 0.6) is 0 Å². The molecule has 0 amide bonds. The van der Waals surface area contributed by atoms with Gasteiger partial charge in [0, 0.05) is 16.8 Å². The van der Waals surface area contributed by atoms with Gasteiger partial charge in [0.05, 0.1) is 0 Å². The largest absolute Gasteiger partial charge is 0.453 e. The Labute approximate surface area is 122 Å². The highest BCUT2D eigenvalue weighted by atomic mass is 35.5. The second kappa shape index (κ2) is 5.14. The fourth-order valence-electron chi connectivity index (χ4n) is 2.22. The van der Waals surface area contributed by atoms with Crippen LogP contribution in [0.25, 0.3) is 11.0 Å². The lowest BCUT2D eigenvalue weighted by Gasteiger charge is -2.02. The number of fused-ring (bicyclic) bond motifs is 1. The SMILES string of the molecule is Cc1ccccc1CC(=O)c1cc2cc(Cl)ccc2o1. The molecule has 0 atom stereocenters. The predicted molar refractivity (Wildman–Crippen MR) is 80.4 cm³/mol. The molecule has 1 aromatic heterocycles. The van der Waals surface area contributed by atoms with Crippen molar-refractivity contribution in [1.82, 2.24) is 0 Å². The lowest BCUT2D eigenvalue weighted by atomic mass is 10.0. The standard InChI is InChI=1S/C17H13ClO2/c1-11-4-2-3-5-12(11)9-15(19)17-10-13-8-14(18)6-7-16(13)20-17/h2-8,10H,9H2,1H3. The van der Waals surface area contributed by atoms with Crippen molar-refractivity contribution in [1.29, 1.82) is 0 Å². The van der Waals surface area contributed by atoms with Crippen LogP contribution in [0.1, 0.15) is 21.7 Å². The van der Waals surface area contributed by atoms with E-state index in [0.717, 1.165) is 16.5 Å². The van der Waals surface area contributed by atoms with Crippen molar-refractivity contribution in [2.75, 3.05) is 0 Å². The summed E-state index contributed by atoms with van der Waals surface area (Å²) in [6.45, 7) is 2.00. The molecular weight excluding hydrogens is 272 g/mol. The Kier molecular flexibility index (Phi) is 3.33. The number of hydrogen-bond acceptors (Lipinski definition) is 2. The maximum atomic E-state index is 12.3. The average Bonchev–Trinajstić information content (AvgIpc) is 2.84. The van der Waals surface area contributed by atoms with Crippen molar-refractivity contribution in [2.45, 2.75) is 13.3 Å². The molecule has 0 N–H and O–H groups in total. The van der Waals surface area contributed by atoms with Crippen LogP contribution in [0.15, 0.2) is 52.9 Å². The van der Waals surface area contributed by atoms with Gasteiger partial charge in [0.15, 0.2) is 5.76 Å². The first-order valence-electron chi connectivity index (χ1n) is 6.40. The van der Waals surface area contributed by atoms with Gasteiger partial charge >= 0.3 is 0 Å². The zero-order chi connectivity index (χ0) is 14.1. The van der Waals surface area contributed by atoms with Gasteiger partial charge in [0.1, 0.15) is 5.58 Å². The summed E-state index contributed by atoms with van der Waals surface area (Å²) in [5.41, 5.74) is 2.82. The van der Waals surface area contributed by atoms with Gasteiger partial charge in [-0.05, 0) is 42.3 Å². The zero-order valence-corrected chi connectivity index (χ0v) is 11.8. The number of carbonyl (C=O) groups is 1. The molecule has 100 valence electrons. The topological polar surface area (TPSA) is 30.2 Å². The normalized spacial score (nSPS) is 10.9. The molecular formula is C17H13ClO2. The third kappa shape index (κ3) is 2.47. The van der Waals surface area contributed by atoms with Crippen LogP contribution in [0.3, 0.4) is 0 Å². The van der Waals surface area contributed by atoms with E-state index >= 15 is 0 Å². The second-order valence-electron chi connectivity index (χ2n) is 4.82. The Morgan fingerprint density at radius 2 is 1.95 bits per heavy atom. The molecule has 0 aliphatic heterocycles. The van der Waals surface area contributed by atoms with Crippen LogP contribution >= 0.6 is 11.6 Å². The Hall–Kier alpha value is -2.06. The Bertz CT molecular complexity index is 787. The smallest absolute Gasteiger partial charge is 0.202 e. The van der Waals surface area contributed by atoms with Crippen molar-refractivity contribution in [2.24, 2.45) is 0 Å². The molecule has 20 heavy (non-hydrogen) atoms. The summed E-state index contributed by atoms with van der Waals surface area (Å²) in [6, 6.07) is 15.0. The fourth-order valence-corrected chi connectivity index (χ4v) is 2.40. The van der Waals surface area contributed by atoms with E-state index in [-0.39, 0.29) is 5.78 Å². The van der Waals surface area contributed by atoms with Gasteiger partial charge in [0.25, 0.3) is 0 Å². The lowest BCUT2D eigenvalue weighted by molar-refractivity contribution is 0.0968. The van der Waals surface area contributed by atoms with Gasteiger partial charge in [-0.3, -0.25) is 4.79 Å². The van der Waals surface area contributed by atoms with Gasteiger partial charge in [-0.2, -0.15) is 0 Å². The van der Waals surface area contributed by atoms with Crippen molar-refractivity contribution in [3.63, 3.8) is 0 Å². The summed E-state index contributed by atoms with van der Waals surface area (Å²) in [7, 11) is 0. The molecule has 0 unspecified atom stereocenters. The van der Waals surface area contributed by atoms with Crippen LogP contribution in [0.2, 0.25) is 5.02 Å². The molecule has 3 rings (SSSR count). The van der Waals surface area contributed by atoms with E-state index in [1.54, 1.807) is 24.3 Å². The summed E-state index contributed by atoms with van der Waals surface area (Å²) in [5.74, 6) is 0.358. The Morgan fingerprint density at radius 1 is 1.15 bits per heavy atom. The first kappa shape index (κ1) is 12.9. The van der Waals surface area contributed by atoms with Gasteiger partial charge in [-0.1, -0.05) is 35.9 Å². The molecule has 3 aromatic rings. The second-order valence-corrected chi connectivity index (χ2v) is 5.26. The number of Topliss-reactive ketones (excluding diaryl/α,β-unsaturated/α-hetero) is 1. The minimum Gasteiger partial charge on any atom is -0.453 e. The number of furan rings is 1. The number of ketones is 1. The zero-order valence-electron chi connectivity index (χ0n) is 11.0. The quantitative estimate of drug-likeness (QED) is 0.646. The molecule has 0 fully saturated rings. The number of benzene rings is 2. The van der Waals surface area contributed by atoms with Crippen LogP contribution in [0.4, 0.5) is 0 Å². The van der Waals surface area contributed by atoms with Gasteiger partial charge in [-0.15, -0.1) is 0 Å². The van der Waals surface area contributed by atoms with Crippen LogP contribution < -0.4 is 0 Å². The average molecular weight is 285 g/mol. The van der Waals surface area contributed by atoms with Crippen molar-refractivity contribution in [3.8, 4) is 0 Å². The van der Waals surface area contributed by atoms with Gasteiger partial charge in [-0.25, -0.2) is 0 Å².